The van der Waals surface area contributed by atoms with Gasteiger partial charge in [-0.1, -0.05) is 36.6 Å². The number of allylic oxidation sites excluding steroid dienone is 1. The highest BCUT2D eigenvalue weighted by molar-refractivity contribution is 7.91. The first-order valence-electron chi connectivity index (χ1n) is 18.2. The molecule has 0 bridgehead atoms. The highest BCUT2D eigenvalue weighted by atomic mass is 35.5. The third-order valence-electron chi connectivity index (χ3n) is 10.4. The fourth-order valence-corrected chi connectivity index (χ4v) is 8.90. The van der Waals surface area contributed by atoms with Gasteiger partial charge >= 0.3 is 12.2 Å². The number of rotatable bonds is 5. The summed E-state index contributed by atoms with van der Waals surface area (Å²) in [6, 6.07) is 0.368. The van der Waals surface area contributed by atoms with Gasteiger partial charge in [0.2, 0.25) is 21.8 Å². The van der Waals surface area contributed by atoms with E-state index in [1.807, 2.05) is 12.2 Å². The Morgan fingerprint density at radius 2 is 1.83 bits per heavy atom. The van der Waals surface area contributed by atoms with Crippen LogP contribution in [0.1, 0.15) is 89.7 Å². The molecule has 0 unspecified atom stereocenters. The smallest absolute Gasteiger partial charge is 0.410 e. The topological polar surface area (TPSA) is 181 Å². The Hall–Kier alpha value is -3.92. The molecule has 2 saturated carbocycles. The molecule has 1 aromatic carbocycles. The molecule has 1 saturated heterocycles. The third kappa shape index (κ3) is 8.90. The molecule has 14 nitrogen and oxygen atoms in total. The lowest BCUT2D eigenvalue weighted by Gasteiger charge is -2.30. The normalized spacial score (nSPS) is 27.9. The molecular formula is C36H47ClFN5O9S. The quantitative estimate of drug-likeness (QED) is 0.375. The molecule has 3 heterocycles. The van der Waals surface area contributed by atoms with Crippen molar-refractivity contribution in [3.63, 3.8) is 0 Å². The molecule has 3 aliphatic heterocycles. The zero-order chi connectivity index (χ0) is 38.3. The number of fused-ring (bicyclic) bond motifs is 3. The second kappa shape index (κ2) is 15.1. The van der Waals surface area contributed by atoms with E-state index in [0.29, 0.717) is 49.1 Å². The fraction of sp³-hybridized carbons (Fsp3) is 0.639. The Bertz CT molecular complexity index is 1800. The third-order valence-corrected chi connectivity index (χ3v) is 12.5. The minimum atomic E-state index is -3.93. The average Bonchev–Trinajstić information content (AvgIpc) is 4.01. The zero-order valence-corrected chi connectivity index (χ0v) is 31.7. The largest absolute Gasteiger partial charge is 0.444 e. The Labute approximate surface area is 313 Å². The van der Waals surface area contributed by atoms with Crippen molar-refractivity contribution in [2.75, 3.05) is 13.1 Å². The number of carbonyl (C=O) groups excluding carboxylic acids is 5. The van der Waals surface area contributed by atoms with E-state index >= 15 is 0 Å². The van der Waals surface area contributed by atoms with Gasteiger partial charge in [0.25, 0.3) is 5.91 Å². The van der Waals surface area contributed by atoms with Crippen molar-refractivity contribution < 1.29 is 46.3 Å². The number of benzene rings is 1. The minimum absolute atomic E-state index is 0.0853. The first-order chi connectivity index (χ1) is 25.0. The maximum Gasteiger partial charge on any atom is 0.410 e. The number of nitrogens with one attached hydrogen (secondary N) is 3. The van der Waals surface area contributed by atoms with E-state index in [-0.39, 0.29) is 44.5 Å². The second-order valence-corrected chi connectivity index (χ2v) is 18.0. The van der Waals surface area contributed by atoms with Crippen LogP contribution < -0.4 is 15.4 Å². The number of amides is 5. The SMILES string of the molecule is CC(C)(C)OC(=O)N[C@H]1CCCCCC=C[C@@H]2C[C@@]2(C(=O)NS(=O)(=O)C2CC2)NC(=O)[C@@H]2C[C@@H](OC(=O)N3CCc4c(Cl)ccc(F)c4C3)CN2C1=O. The summed E-state index contributed by atoms with van der Waals surface area (Å²) >= 11 is 6.27. The highest BCUT2D eigenvalue weighted by Gasteiger charge is 2.62. The van der Waals surface area contributed by atoms with E-state index < -0.39 is 86.2 Å². The van der Waals surface area contributed by atoms with Gasteiger partial charge in [0, 0.05) is 29.5 Å². The van der Waals surface area contributed by atoms with Crippen molar-refractivity contribution in [3.05, 3.63) is 46.3 Å². The number of nitrogens with zero attached hydrogens (tertiary/aromatic N) is 2. The Morgan fingerprint density at radius 1 is 1.08 bits per heavy atom. The van der Waals surface area contributed by atoms with E-state index in [1.54, 1.807) is 20.8 Å². The number of sulfonamides is 1. The van der Waals surface area contributed by atoms with Crippen LogP contribution in [0, 0.1) is 11.7 Å². The van der Waals surface area contributed by atoms with Crippen LogP contribution in [0.3, 0.4) is 0 Å². The summed E-state index contributed by atoms with van der Waals surface area (Å²) in [6.45, 7) is 4.97. The predicted octanol–water partition coefficient (Wildman–Crippen LogP) is 3.84. The van der Waals surface area contributed by atoms with E-state index in [0.717, 1.165) is 6.42 Å². The lowest BCUT2D eigenvalue weighted by molar-refractivity contribution is -0.141. The Morgan fingerprint density at radius 3 is 2.55 bits per heavy atom. The van der Waals surface area contributed by atoms with Gasteiger partial charge in [0.15, 0.2) is 0 Å². The average molecular weight is 780 g/mol. The lowest BCUT2D eigenvalue weighted by Crippen LogP contribution is -2.58. The first-order valence-corrected chi connectivity index (χ1v) is 20.2. The number of hydrogen-bond acceptors (Lipinski definition) is 9. The number of ether oxygens (including phenoxy) is 2. The highest BCUT2D eigenvalue weighted by Crippen LogP contribution is 2.46. The molecule has 0 aromatic heterocycles. The van der Waals surface area contributed by atoms with Gasteiger partial charge in [-0.3, -0.25) is 19.1 Å². The summed E-state index contributed by atoms with van der Waals surface area (Å²) in [5.74, 6) is -3.18. The minimum Gasteiger partial charge on any atom is -0.444 e. The molecule has 290 valence electrons. The number of hydrogen-bond donors (Lipinski definition) is 3. The van der Waals surface area contributed by atoms with Crippen LogP contribution >= 0.6 is 11.6 Å². The molecule has 5 aliphatic rings. The van der Waals surface area contributed by atoms with Gasteiger partial charge in [-0.05, 0) is 83.4 Å². The summed E-state index contributed by atoms with van der Waals surface area (Å²) < 4.78 is 53.7. The van der Waals surface area contributed by atoms with Gasteiger partial charge in [0.05, 0.1) is 18.3 Å². The molecule has 53 heavy (non-hydrogen) atoms. The monoisotopic (exact) mass is 779 g/mol. The van der Waals surface area contributed by atoms with E-state index in [9.17, 15) is 36.8 Å². The van der Waals surface area contributed by atoms with Crippen LogP contribution in [0.4, 0.5) is 14.0 Å². The van der Waals surface area contributed by atoms with Crippen LogP contribution in [0.5, 0.6) is 0 Å². The lowest BCUT2D eigenvalue weighted by atomic mass is 9.99. The van der Waals surface area contributed by atoms with Crippen molar-refractivity contribution >= 4 is 51.5 Å². The first kappa shape index (κ1) is 38.8. The van der Waals surface area contributed by atoms with Crippen LogP contribution in [-0.4, -0.2) is 95.8 Å². The van der Waals surface area contributed by atoms with Crippen molar-refractivity contribution in [3.8, 4) is 0 Å². The van der Waals surface area contributed by atoms with E-state index in [1.165, 1.54) is 21.9 Å². The standard InChI is InChI=1S/C36H47ClFN5O9S/c1-35(2,3)52-33(47)39-28-10-8-6-4-5-7-9-21-18-36(21,32(46)41-53(49,50)23-11-12-23)40-30(44)29-17-22(19-43(29)31(28)45)51-34(48)42-16-15-24-25(20-42)27(38)14-13-26(24)37/h7,9,13-14,21-23,28-29H,4-6,8,10-12,15-20H2,1-3H3,(H,39,47)(H,40,44)(H,41,46)/t21-,22-,28+,29+,36-/m1/s1. The fourth-order valence-electron chi connectivity index (χ4n) is 7.26. The van der Waals surface area contributed by atoms with Crippen LogP contribution in [0.15, 0.2) is 24.3 Å². The van der Waals surface area contributed by atoms with Gasteiger partial charge < -0.3 is 29.9 Å². The summed E-state index contributed by atoms with van der Waals surface area (Å²) in [7, 11) is -3.93. The summed E-state index contributed by atoms with van der Waals surface area (Å²) in [4.78, 5) is 71.1. The molecule has 5 amide bonds. The van der Waals surface area contributed by atoms with Gasteiger partial charge in [0.1, 0.15) is 35.1 Å². The van der Waals surface area contributed by atoms with Gasteiger partial charge in [-0.15, -0.1) is 0 Å². The van der Waals surface area contributed by atoms with Crippen LogP contribution in [0.25, 0.3) is 0 Å². The van der Waals surface area contributed by atoms with E-state index in [2.05, 4.69) is 15.4 Å². The molecule has 1 aromatic rings. The second-order valence-electron chi connectivity index (χ2n) is 15.6. The summed E-state index contributed by atoms with van der Waals surface area (Å²) in [5.41, 5.74) is -1.52. The van der Waals surface area contributed by atoms with Crippen molar-refractivity contribution in [2.24, 2.45) is 5.92 Å². The number of halogens is 2. The maximum absolute atomic E-state index is 14.7. The van der Waals surface area contributed by atoms with Gasteiger partial charge in [-0.25, -0.2) is 22.4 Å². The molecule has 0 spiro atoms. The molecule has 0 radical (unpaired) electrons. The van der Waals surface area contributed by atoms with Crippen molar-refractivity contribution in [1.82, 2.24) is 25.2 Å². The summed E-state index contributed by atoms with van der Waals surface area (Å²) in [6.07, 6.45) is 5.26. The molecule has 5 atom stereocenters. The zero-order valence-electron chi connectivity index (χ0n) is 30.1. The van der Waals surface area contributed by atoms with Crippen LogP contribution in [0.2, 0.25) is 5.02 Å². The molecule has 17 heteroatoms. The van der Waals surface area contributed by atoms with Crippen molar-refractivity contribution in [1.29, 1.82) is 0 Å². The molecule has 3 fully saturated rings. The number of alkyl carbamates (subject to hydrolysis) is 1. The molecular weight excluding hydrogens is 733 g/mol. The molecule has 6 rings (SSSR count). The predicted molar refractivity (Wildman–Crippen MR) is 190 cm³/mol. The van der Waals surface area contributed by atoms with E-state index in [4.69, 9.17) is 21.1 Å². The summed E-state index contributed by atoms with van der Waals surface area (Å²) in [5, 5.41) is 5.18. The molecule has 3 N–H and O–H groups in total. The van der Waals surface area contributed by atoms with Crippen molar-refractivity contribution in [2.45, 2.75) is 126 Å². The number of carbonyl (C=O) groups is 5. The Kier molecular flexibility index (Phi) is 11.0. The van der Waals surface area contributed by atoms with Gasteiger partial charge in [-0.2, -0.15) is 0 Å². The Balaban J connectivity index is 1.25. The molecule has 2 aliphatic carbocycles. The van der Waals surface area contributed by atoms with Crippen LogP contribution in [-0.2, 0) is 46.8 Å². The maximum atomic E-state index is 14.7.